The quantitative estimate of drug-likeness (QED) is 0.823. The Balaban J connectivity index is 1.65. The molecule has 2 aromatic rings. The van der Waals surface area contributed by atoms with E-state index in [9.17, 15) is 4.79 Å². The van der Waals surface area contributed by atoms with Gasteiger partial charge in [0.2, 0.25) is 0 Å². The number of nitrogen functional groups attached to an aromatic ring is 1. The number of H-pyrrole nitrogens is 1. The van der Waals surface area contributed by atoms with Crippen LogP contribution in [-0.2, 0) is 0 Å². The summed E-state index contributed by atoms with van der Waals surface area (Å²) in [4.78, 5) is 20.4. The number of nitrogens with zero attached hydrogens (tertiary/aromatic N) is 4. The Labute approximate surface area is 116 Å². The van der Waals surface area contributed by atoms with Crippen molar-refractivity contribution in [3.8, 4) is 0 Å². The van der Waals surface area contributed by atoms with Crippen LogP contribution in [0.5, 0.6) is 0 Å². The Morgan fingerprint density at radius 1 is 1.30 bits per heavy atom. The number of hydrogen-bond donors (Lipinski definition) is 2. The maximum Gasteiger partial charge on any atom is 0.257 e. The number of hydrogen-bond acceptors (Lipinski definition) is 5. The highest BCUT2D eigenvalue weighted by atomic mass is 16.2. The van der Waals surface area contributed by atoms with Crippen molar-refractivity contribution in [2.24, 2.45) is 0 Å². The Bertz CT molecular complexity index is 589. The van der Waals surface area contributed by atoms with E-state index in [0.29, 0.717) is 24.3 Å². The first-order chi connectivity index (χ1) is 9.75. The molecule has 1 aliphatic rings. The highest BCUT2D eigenvalue weighted by Crippen LogP contribution is 2.20. The monoisotopic (exact) mass is 272 g/mol. The van der Waals surface area contributed by atoms with Gasteiger partial charge in [-0.2, -0.15) is 5.10 Å². The first-order valence-corrected chi connectivity index (χ1v) is 6.49. The summed E-state index contributed by atoms with van der Waals surface area (Å²) in [5.41, 5.74) is 7.19. The number of carbonyl (C=O) groups is 1. The number of rotatable bonds is 2. The van der Waals surface area contributed by atoms with Crippen molar-refractivity contribution >= 4 is 17.4 Å². The van der Waals surface area contributed by atoms with E-state index in [4.69, 9.17) is 5.73 Å². The molecule has 3 N–H and O–H groups in total. The van der Waals surface area contributed by atoms with Gasteiger partial charge in [0.1, 0.15) is 0 Å². The van der Waals surface area contributed by atoms with Gasteiger partial charge in [-0.3, -0.25) is 9.89 Å². The van der Waals surface area contributed by atoms with Gasteiger partial charge in [0.25, 0.3) is 5.91 Å². The first-order valence-electron chi connectivity index (χ1n) is 6.49. The molecule has 7 heteroatoms. The second kappa shape index (κ2) is 5.20. The van der Waals surface area contributed by atoms with Crippen molar-refractivity contribution in [3.63, 3.8) is 0 Å². The number of nitrogens with one attached hydrogen (secondary N) is 1. The summed E-state index contributed by atoms with van der Waals surface area (Å²) in [6.45, 7) is 2.76. The molecule has 0 aromatic carbocycles. The van der Waals surface area contributed by atoms with Crippen LogP contribution in [0.4, 0.5) is 11.5 Å². The summed E-state index contributed by atoms with van der Waals surface area (Å²) in [7, 11) is 0. The first kappa shape index (κ1) is 12.5. The summed E-state index contributed by atoms with van der Waals surface area (Å²) in [6.07, 6.45) is 4.89. The molecular formula is C13H16N6O. The lowest BCUT2D eigenvalue weighted by molar-refractivity contribution is 0.0746. The molecule has 0 saturated carbocycles. The molecule has 1 saturated heterocycles. The molecule has 0 aliphatic carbocycles. The molecule has 3 rings (SSSR count). The summed E-state index contributed by atoms with van der Waals surface area (Å²) < 4.78 is 0. The highest BCUT2D eigenvalue weighted by Gasteiger charge is 2.23. The number of amides is 1. The van der Waals surface area contributed by atoms with Crippen LogP contribution in [0.3, 0.4) is 0 Å². The minimum Gasteiger partial charge on any atom is -0.396 e. The summed E-state index contributed by atoms with van der Waals surface area (Å²) in [5, 5.41) is 6.46. The molecule has 20 heavy (non-hydrogen) atoms. The largest absolute Gasteiger partial charge is 0.396 e. The van der Waals surface area contributed by atoms with E-state index in [0.717, 1.165) is 18.9 Å². The third-order valence-electron chi connectivity index (χ3n) is 3.43. The summed E-state index contributed by atoms with van der Waals surface area (Å²) >= 11 is 0. The number of piperazine rings is 1. The molecule has 0 bridgehead atoms. The topological polar surface area (TPSA) is 91.1 Å². The molecule has 0 atom stereocenters. The van der Waals surface area contributed by atoms with E-state index in [1.165, 1.54) is 0 Å². The van der Waals surface area contributed by atoms with Crippen LogP contribution in [0, 0.1) is 0 Å². The van der Waals surface area contributed by atoms with Crippen molar-refractivity contribution in [3.05, 3.63) is 36.3 Å². The smallest absolute Gasteiger partial charge is 0.257 e. The Hall–Kier alpha value is -2.57. The summed E-state index contributed by atoms with van der Waals surface area (Å²) in [6, 6.07) is 3.66. The third-order valence-corrected chi connectivity index (χ3v) is 3.43. The second-order valence-corrected chi connectivity index (χ2v) is 4.68. The van der Waals surface area contributed by atoms with Gasteiger partial charge in [0, 0.05) is 38.6 Å². The van der Waals surface area contributed by atoms with Crippen molar-refractivity contribution in [1.29, 1.82) is 0 Å². The molecule has 1 aliphatic heterocycles. The third kappa shape index (κ3) is 2.29. The molecule has 1 fully saturated rings. The molecule has 1 amide bonds. The fourth-order valence-electron chi connectivity index (χ4n) is 2.35. The van der Waals surface area contributed by atoms with Crippen LogP contribution in [0.2, 0.25) is 0 Å². The number of aromatic nitrogens is 3. The van der Waals surface area contributed by atoms with Crippen LogP contribution in [0.1, 0.15) is 10.4 Å². The zero-order chi connectivity index (χ0) is 13.9. The van der Waals surface area contributed by atoms with Crippen LogP contribution in [0.15, 0.2) is 30.7 Å². The van der Waals surface area contributed by atoms with E-state index >= 15 is 0 Å². The lowest BCUT2D eigenvalue weighted by atomic mass is 10.2. The minimum absolute atomic E-state index is 0.00685. The molecule has 3 heterocycles. The maximum atomic E-state index is 12.2. The maximum absolute atomic E-state index is 12.2. The SMILES string of the molecule is Nc1cccnc1N1CCN(C(=O)c2cn[nH]c2)CC1. The van der Waals surface area contributed by atoms with Crippen LogP contribution in [-0.4, -0.2) is 52.2 Å². The fourth-order valence-corrected chi connectivity index (χ4v) is 2.35. The van der Waals surface area contributed by atoms with Crippen LogP contribution in [0.25, 0.3) is 0 Å². The molecular weight excluding hydrogens is 256 g/mol. The fraction of sp³-hybridized carbons (Fsp3) is 0.308. The lowest BCUT2D eigenvalue weighted by Gasteiger charge is -2.35. The minimum atomic E-state index is 0.00685. The van der Waals surface area contributed by atoms with Gasteiger partial charge < -0.3 is 15.5 Å². The van der Waals surface area contributed by atoms with E-state index in [-0.39, 0.29) is 5.91 Å². The van der Waals surface area contributed by atoms with E-state index in [1.807, 2.05) is 17.0 Å². The standard InChI is InChI=1S/C13H16N6O/c14-11-2-1-3-15-12(11)18-4-6-19(7-5-18)13(20)10-8-16-17-9-10/h1-3,8-9H,4-7,14H2,(H,16,17). The average molecular weight is 272 g/mol. The van der Waals surface area contributed by atoms with Crippen molar-refractivity contribution in [2.75, 3.05) is 36.8 Å². The van der Waals surface area contributed by atoms with Gasteiger partial charge in [-0.15, -0.1) is 0 Å². The Kier molecular flexibility index (Phi) is 3.24. The molecule has 0 spiro atoms. The molecule has 0 unspecified atom stereocenters. The highest BCUT2D eigenvalue weighted by molar-refractivity contribution is 5.93. The zero-order valence-corrected chi connectivity index (χ0v) is 11.0. The second-order valence-electron chi connectivity index (χ2n) is 4.68. The van der Waals surface area contributed by atoms with E-state index < -0.39 is 0 Å². The van der Waals surface area contributed by atoms with Crippen molar-refractivity contribution in [1.82, 2.24) is 20.1 Å². The average Bonchev–Trinajstić information content (AvgIpc) is 3.01. The van der Waals surface area contributed by atoms with Crippen LogP contribution >= 0.6 is 0 Å². The predicted molar refractivity (Wildman–Crippen MR) is 75.4 cm³/mol. The Morgan fingerprint density at radius 3 is 2.75 bits per heavy atom. The number of pyridine rings is 1. The molecule has 7 nitrogen and oxygen atoms in total. The zero-order valence-electron chi connectivity index (χ0n) is 11.0. The number of carbonyl (C=O) groups excluding carboxylic acids is 1. The van der Waals surface area contributed by atoms with Crippen LogP contribution < -0.4 is 10.6 Å². The van der Waals surface area contributed by atoms with Gasteiger partial charge in [-0.05, 0) is 12.1 Å². The molecule has 104 valence electrons. The van der Waals surface area contributed by atoms with E-state index in [1.54, 1.807) is 18.6 Å². The number of nitrogens with two attached hydrogens (primary N) is 1. The van der Waals surface area contributed by atoms with Gasteiger partial charge in [-0.1, -0.05) is 0 Å². The lowest BCUT2D eigenvalue weighted by Crippen LogP contribution is -2.49. The number of anilines is 2. The molecule has 2 aromatic heterocycles. The summed E-state index contributed by atoms with van der Waals surface area (Å²) in [5.74, 6) is 0.801. The Morgan fingerprint density at radius 2 is 2.10 bits per heavy atom. The van der Waals surface area contributed by atoms with Gasteiger partial charge in [-0.25, -0.2) is 4.98 Å². The normalized spacial score (nSPS) is 15.4. The van der Waals surface area contributed by atoms with Gasteiger partial charge in [0.05, 0.1) is 17.4 Å². The van der Waals surface area contributed by atoms with Crippen molar-refractivity contribution in [2.45, 2.75) is 0 Å². The number of aromatic amines is 1. The van der Waals surface area contributed by atoms with E-state index in [2.05, 4.69) is 20.1 Å². The molecule has 0 radical (unpaired) electrons. The predicted octanol–water partition coefficient (Wildman–Crippen LogP) is 0.349. The van der Waals surface area contributed by atoms with Crippen molar-refractivity contribution < 1.29 is 4.79 Å². The van der Waals surface area contributed by atoms with Gasteiger partial charge >= 0.3 is 0 Å². The van der Waals surface area contributed by atoms with Gasteiger partial charge in [0.15, 0.2) is 5.82 Å².